The lowest BCUT2D eigenvalue weighted by atomic mass is 10.1. The Bertz CT molecular complexity index is 298. The number of rotatable bonds is 1. The highest BCUT2D eigenvalue weighted by Gasteiger charge is 2.53. The van der Waals surface area contributed by atoms with Gasteiger partial charge in [-0.15, -0.1) is 0 Å². The molecule has 1 aliphatic rings. The highest BCUT2D eigenvalue weighted by molar-refractivity contribution is 6.30. The third kappa shape index (κ3) is 1.11. The number of alkyl halides is 1. The van der Waals surface area contributed by atoms with Gasteiger partial charge >= 0.3 is 0 Å². The first-order valence-electron chi connectivity index (χ1n) is 3.82. The molecule has 0 heterocycles. The van der Waals surface area contributed by atoms with E-state index in [1.54, 1.807) is 24.3 Å². The summed E-state index contributed by atoms with van der Waals surface area (Å²) >= 11 is 5.68. The van der Waals surface area contributed by atoms with Crippen LogP contribution in [0.5, 0.6) is 0 Å². The maximum Gasteiger partial charge on any atom is 0.124 e. The quantitative estimate of drug-likeness (QED) is 0.714. The third-order valence-electron chi connectivity index (χ3n) is 2.30. The summed E-state index contributed by atoms with van der Waals surface area (Å²) in [6.45, 7) is 0. The summed E-state index contributed by atoms with van der Waals surface area (Å²) in [6, 6.07) is 7.02. The van der Waals surface area contributed by atoms with Crippen molar-refractivity contribution in [2.45, 2.75) is 18.1 Å². The van der Waals surface area contributed by atoms with Crippen LogP contribution in [0.25, 0.3) is 0 Å². The molecular weight excluding hydrogens is 177 g/mol. The Morgan fingerprint density at radius 1 is 1.42 bits per heavy atom. The molecule has 3 heteroatoms. The molecule has 0 spiro atoms. The second-order valence-corrected chi connectivity index (χ2v) is 3.66. The highest BCUT2D eigenvalue weighted by atomic mass is 35.5. The van der Waals surface area contributed by atoms with Crippen LogP contribution in [0, 0.1) is 0 Å². The monoisotopic (exact) mass is 185 g/mol. The van der Waals surface area contributed by atoms with E-state index in [9.17, 15) is 4.39 Å². The average Bonchev–Trinajstić information content (AvgIpc) is 2.62. The molecule has 0 radical (unpaired) electrons. The number of hydrogen-bond acceptors (Lipinski definition) is 1. The Morgan fingerprint density at radius 2 is 1.92 bits per heavy atom. The van der Waals surface area contributed by atoms with Gasteiger partial charge in [-0.3, -0.25) is 0 Å². The van der Waals surface area contributed by atoms with Gasteiger partial charge in [0.1, 0.15) is 6.17 Å². The van der Waals surface area contributed by atoms with Crippen LogP contribution in [0.1, 0.15) is 12.0 Å². The average molecular weight is 186 g/mol. The smallest absolute Gasteiger partial charge is 0.124 e. The first-order chi connectivity index (χ1) is 5.63. The molecule has 0 amide bonds. The minimum atomic E-state index is -0.890. The van der Waals surface area contributed by atoms with Crippen LogP contribution in [-0.2, 0) is 5.54 Å². The molecule has 1 nitrogen and oxygen atoms in total. The van der Waals surface area contributed by atoms with Crippen LogP contribution < -0.4 is 5.73 Å². The van der Waals surface area contributed by atoms with Crippen molar-refractivity contribution in [2.24, 2.45) is 5.73 Å². The summed E-state index contributed by atoms with van der Waals surface area (Å²) in [4.78, 5) is 0. The van der Waals surface area contributed by atoms with Gasteiger partial charge in [0.2, 0.25) is 0 Å². The van der Waals surface area contributed by atoms with Gasteiger partial charge in [-0.05, 0) is 17.7 Å². The van der Waals surface area contributed by atoms with E-state index in [1.165, 1.54) is 0 Å². The molecule has 0 unspecified atom stereocenters. The number of hydrogen-bond donors (Lipinski definition) is 1. The van der Waals surface area contributed by atoms with Crippen LogP contribution >= 0.6 is 11.6 Å². The van der Waals surface area contributed by atoms with Gasteiger partial charge in [0.05, 0.1) is 5.54 Å². The Morgan fingerprint density at radius 3 is 2.33 bits per heavy atom. The van der Waals surface area contributed by atoms with E-state index in [0.717, 1.165) is 5.56 Å². The molecular formula is C9H9ClFN. The van der Waals surface area contributed by atoms with Crippen molar-refractivity contribution in [3.8, 4) is 0 Å². The molecule has 0 bridgehead atoms. The van der Waals surface area contributed by atoms with E-state index in [1.807, 2.05) is 0 Å². The Balaban J connectivity index is 2.31. The second-order valence-electron chi connectivity index (χ2n) is 3.22. The highest BCUT2D eigenvalue weighted by Crippen LogP contribution is 2.45. The molecule has 0 aliphatic heterocycles. The lowest BCUT2D eigenvalue weighted by Crippen LogP contribution is -2.22. The van der Waals surface area contributed by atoms with Crippen LogP contribution in [0.4, 0.5) is 4.39 Å². The van der Waals surface area contributed by atoms with Crippen LogP contribution in [0.15, 0.2) is 24.3 Å². The van der Waals surface area contributed by atoms with Gasteiger partial charge in [0.15, 0.2) is 0 Å². The molecule has 1 aliphatic carbocycles. The zero-order valence-electron chi connectivity index (χ0n) is 6.43. The molecule has 1 fully saturated rings. The fraction of sp³-hybridized carbons (Fsp3) is 0.333. The largest absolute Gasteiger partial charge is 0.319 e. The molecule has 1 aromatic carbocycles. The first-order valence-corrected chi connectivity index (χ1v) is 4.20. The molecule has 0 aromatic heterocycles. The van der Waals surface area contributed by atoms with Crippen LogP contribution in [0.3, 0.4) is 0 Å². The fourth-order valence-electron chi connectivity index (χ4n) is 1.30. The van der Waals surface area contributed by atoms with Gasteiger partial charge in [0.25, 0.3) is 0 Å². The van der Waals surface area contributed by atoms with E-state index >= 15 is 0 Å². The third-order valence-corrected chi connectivity index (χ3v) is 2.55. The molecule has 2 N–H and O–H groups in total. The molecule has 12 heavy (non-hydrogen) atoms. The Hall–Kier alpha value is -0.600. The van der Waals surface area contributed by atoms with Gasteiger partial charge in [0, 0.05) is 11.4 Å². The van der Waals surface area contributed by atoms with E-state index in [-0.39, 0.29) is 0 Å². The molecule has 0 saturated heterocycles. The van der Waals surface area contributed by atoms with Crippen molar-refractivity contribution in [3.63, 3.8) is 0 Å². The molecule has 2 rings (SSSR count). The Kier molecular flexibility index (Phi) is 1.63. The van der Waals surface area contributed by atoms with Crippen molar-refractivity contribution in [2.75, 3.05) is 0 Å². The zero-order valence-corrected chi connectivity index (χ0v) is 7.18. The second kappa shape index (κ2) is 2.44. The van der Waals surface area contributed by atoms with Crippen LogP contribution in [0.2, 0.25) is 5.02 Å². The zero-order chi connectivity index (χ0) is 8.77. The maximum atomic E-state index is 12.8. The lowest BCUT2D eigenvalue weighted by molar-refractivity contribution is 0.425. The van der Waals surface area contributed by atoms with E-state index < -0.39 is 11.7 Å². The number of nitrogens with two attached hydrogens (primary N) is 1. The van der Waals surface area contributed by atoms with E-state index in [0.29, 0.717) is 11.4 Å². The predicted octanol–water partition coefficient (Wildman–Crippen LogP) is 2.24. The summed E-state index contributed by atoms with van der Waals surface area (Å²) < 4.78 is 12.8. The van der Waals surface area contributed by atoms with Gasteiger partial charge in [-0.2, -0.15) is 0 Å². The summed E-state index contributed by atoms with van der Waals surface area (Å²) in [5.74, 6) is 0. The number of benzene rings is 1. The van der Waals surface area contributed by atoms with Crippen molar-refractivity contribution in [1.29, 1.82) is 0 Å². The predicted molar refractivity (Wildman–Crippen MR) is 46.8 cm³/mol. The van der Waals surface area contributed by atoms with E-state index in [2.05, 4.69) is 0 Å². The summed E-state index contributed by atoms with van der Waals surface area (Å²) in [5.41, 5.74) is 5.84. The van der Waals surface area contributed by atoms with Crippen molar-refractivity contribution < 1.29 is 4.39 Å². The molecule has 64 valence electrons. The summed E-state index contributed by atoms with van der Waals surface area (Å²) in [6.07, 6.45) is -0.465. The minimum absolute atomic E-state index is 0.425. The number of halogens is 2. The van der Waals surface area contributed by atoms with Gasteiger partial charge in [-0.25, -0.2) is 4.39 Å². The molecule has 1 saturated carbocycles. The standard InChI is InChI=1S/C9H9ClFN/c10-7-3-1-6(2-4-7)9(12)5-8(9)11/h1-4,8H,5,12H2/t8-,9+/m1/s1. The normalized spacial score (nSPS) is 33.4. The Labute approximate surface area is 75.3 Å². The summed E-state index contributed by atoms with van der Waals surface area (Å²) in [7, 11) is 0. The van der Waals surface area contributed by atoms with Gasteiger partial charge < -0.3 is 5.73 Å². The first kappa shape index (κ1) is 8.02. The summed E-state index contributed by atoms with van der Waals surface area (Å²) in [5, 5.41) is 0.651. The molecule has 2 atom stereocenters. The maximum absolute atomic E-state index is 12.8. The van der Waals surface area contributed by atoms with Crippen molar-refractivity contribution >= 4 is 11.6 Å². The molecule has 1 aromatic rings. The topological polar surface area (TPSA) is 26.0 Å². The SMILES string of the molecule is N[C@]1(c2ccc(Cl)cc2)C[C@H]1F. The van der Waals surface area contributed by atoms with E-state index in [4.69, 9.17) is 17.3 Å². The van der Waals surface area contributed by atoms with Crippen LogP contribution in [-0.4, -0.2) is 6.17 Å². The minimum Gasteiger partial charge on any atom is -0.319 e. The fourth-order valence-corrected chi connectivity index (χ4v) is 1.42. The van der Waals surface area contributed by atoms with Gasteiger partial charge in [-0.1, -0.05) is 23.7 Å². The van der Waals surface area contributed by atoms with Crippen molar-refractivity contribution in [3.05, 3.63) is 34.9 Å². The lowest BCUT2D eigenvalue weighted by Gasteiger charge is -2.08. The van der Waals surface area contributed by atoms with Crippen molar-refractivity contribution in [1.82, 2.24) is 0 Å².